The van der Waals surface area contributed by atoms with Crippen molar-refractivity contribution in [3.63, 3.8) is 0 Å². The smallest absolute Gasteiger partial charge is 0.254 e. The molecule has 0 saturated carbocycles. The Labute approximate surface area is 162 Å². The summed E-state index contributed by atoms with van der Waals surface area (Å²) in [6.07, 6.45) is 0. The van der Waals surface area contributed by atoms with E-state index >= 15 is 0 Å². The Morgan fingerprint density at radius 2 is 1.84 bits per heavy atom. The van der Waals surface area contributed by atoms with Crippen LogP contribution in [0.3, 0.4) is 0 Å². The zero-order valence-corrected chi connectivity index (χ0v) is 16.9. The second kappa shape index (κ2) is 7.55. The fraction of sp³-hybridized carbons (Fsp3) is 0.389. The van der Waals surface area contributed by atoms with Gasteiger partial charge in [-0.25, -0.2) is 4.98 Å². The minimum absolute atomic E-state index is 0.0947. The van der Waals surface area contributed by atoms with Crippen LogP contribution in [0.1, 0.15) is 16.1 Å². The SMILES string of the molecule is Cc1cc(N(C)C)nc(N2CCN(C(=O)c3cccc(I)c3)CC2)n1. The largest absolute Gasteiger partial charge is 0.363 e. The van der Waals surface area contributed by atoms with Crippen molar-refractivity contribution in [3.8, 4) is 0 Å². The van der Waals surface area contributed by atoms with Gasteiger partial charge in [-0.1, -0.05) is 6.07 Å². The number of piperazine rings is 1. The number of carbonyl (C=O) groups is 1. The highest BCUT2D eigenvalue weighted by Gasteiger charge is 2.24. The van der Waals surface area contributed by atoms with Crippen LogP contribution in [-0.2, 0) is 0 Å². The van der Waals surface area contributed by atoms with Crippen molar-refractivity contribution in [2.24, 2.45) is 0 Å². The molecule has 2 aromatic rings. The van der Waals surface area contributed by atoms with Crippen molar-refractivity contribution in [1.29, 1.82) is 0 Å². The van der Waals surface area contributed by atoms with Crippen molar-refractivity contribution in [2.45, 2.75) is 6.92 Å². The maximum atomic E-state index is 12.7. The topological polar surface area (TPSA) is 52.6 Å². The predicted molar refractivity (Wildman–Crippen MR) is 108 cm³/mol. The van der Waals surface area contributed by atoms with E-state index in [9.17, 15) is 4.79 Å². The number of aryl methyl sites for hydroxylation is 1. The van der Waals surface area contributed by atoms with Crippen LogP contribution in [0.25, 0.3) is 0 Å². The number of hydrogen-bond acceptors (Lipinski definition) is 5. The van der Waals surface area contributed by atoms with Crippen LogP contribution < -0.4 is 9.80 Å². The van der Waals surface area contributed by atoms with Crippen LogP contribution in [0.15, 0.2) is 30.3 Å². The van der Waals surface area contributed by atoms with Crippen LogP contribution in [0, 0.1) is 10.5 Å². The van der Waals surface area contributed by atoms with Gasteiger partial charge in [-0.2, -0.15) is 4.98 Å². The van der Waals surface area contributed by atoms with Crippen molar-refractivity contribution in [2.75, 3.05) is 50.1 Å². The van der Waals surface area contributed by atoms with Gasteiger partial charge in [0, 0.05) is 61.2 Å². The summed E-state index contributed by atoms with van der Waals surface area (Å²) in [4.78, 5) is 27.9. The molecule has 132 valence electrons. The van der Waals surface area contributed by atoms with Crippen LogP contribution in [-0.4, -0.2) is 61.0 Å². The van der Waals surface area contributed by atoms with Crippen LogP contribution in [0.2, 0.25) is 0 Å². The van der Waals surface area contributed by atoms with E-state index < -0.39 is 0 Å². The van der Waals surface area contributed by atoms with E-state index in [1.165, 1.54) is 0 Å². The van der Waals surface area contributed by atoms with E-state index in [1.54, 1.807) is 0 Å². The summed E-state index contributed by atoms with van der Waals surface area (Å²) in [5.74, 6) is 1.74. The summed E-state index contributed by atoms with van der Waals surface area (Å²) in [7, 11) is 3.95. The number of carbonyl (C=O) groups excluding carboxylic acids is 1. The van der Waals surface area contributed by atoms with Gasteiger partial charge in [-0.15, -0.1) is 0 Å². The van der Waals surface area contributed by atoms with Gasteiger partial charge in [0.05, 0.1) is 0 Å². The minimum Gasteiger partial charge on any atom is -0.363 e. The molecule has 25 heavy (non-hydrogen) atoms. The highest BCUT2D eigenvalue weighted by Crippen LogP contribution is 2.18. The maximum absolute atomic E-state index is 12.7. The summed E-state index contributed by atoms with van der Waals surface area (Å²) in [5.41, 5.74) is 1.70. The first-order valence-corrected chi connectivity index (χ1v) is 9.35. The van der Waals surface area contributed by atoms with Crippen molar-refractivity contribution in [3.05, 3.63) is 45.2 Å². The van der Waals surface area contributed by atoms with Crippen molar-refractivity contribution < 1.29 is 4.79 Å². The molecule has 0 bridgehead atoms. The van der Waals surface area contributed by atoms with Gasteiger partial charge in [0.25, 0.3) is 5.91 Å². The lowest BCUT2D eigenvalue weighted by Crippen LogP contribution is -2.49. The summed E-state index contributed by atoms with van der Waals surface area (Å²) in [6, 6.07) is 9.70. The van der Waals surface area contributed by atoms with Crippen LogP contribution in [0.4, 0.5) is 11.8 Å². The molecule has 1 aromatic heterocycles. The average Bonchev–Trinajstić information content (AvgIpc) is 2.60. The highest BCUT2D eigenvalue weighted by molar-refractivity contribution is 14.1. The normalized spacial score (nSPS) is 14.6. The zero-order valence-electron chi connectivity index (χ0n) is 14.7. The molecule has 1 aliphatic heterocycles. The summed E-state index contributed by atoms with van der Waals surface area (Å²) >= 11 is 2.23. The van der Waals surface area contributed by atoms with Crippen LogP contribution in [0.5, 0.6) is 0 Å². The molecule has 1 saturated heterocycles. The lowest BCUT2D eigenvalue weighted by atomic mass is 10.2. The Morgan fingerprint density at radius 1 is 1.12 bits per heavy atom. The Morgan fingerprint density at radius 3 is 2.48 bits per heavy atom. The second-order valence-corrected chi connectivity index (χ2v) is 7.60. The third kappa shape index (κ3) is 4.20. The molecule has 0 N–H and O–H groups in total. The number of rotatable bonds is 3. The highest BCUT2D eigenvalue weighted by atomic mass is 127. The monoisotopic (exact) mass is 451 g/mol. The first-order valence-electron chi connectivity index (χ1n) is 8.27. The number of hydrogen-bond donors (Lipinski definition) is 0. The number of halogens is 1. The number of benzene rings is 1. The molecule has 2 heterocycles. The van der Waals surface area contributed by atoms with E-state index in [4.69, 9.17) is 0 Å². The first-order chi connectivity index (χ1) is 11.9. The van der Waals surface area contributed by atoms with Crippen LogP contribution >= 0.6 is 22.6 Å². The van der Waals surface area contributed by atoms with Gasteiger partial charge in [-0.3, -0.25) is 4.79 Å². The molecule has 1 aromatic carbocycles. The molecule has 3 rings (SSSR count). The lowest BCUT2D eigenvalue weighted by molar-refractivity contribution is 0.0746. The number of nitrogens with zero attached hydrogens (tertiary/aromatic N) is 5. The lowest BCUT2D eigenvalue weighted by Gasteiger charge is -2.35. The number of amides is 1. The number of anilines is 2. The van der Waals surface area contributed by atoms with E-state index in [-0.39, 0.29) is 5.91 Å². The van der Waals surface area contributed by atoms with Gasteiger partial charge < -0.3 is 14.7 Å². The van der Waals surface area contributed by atoms with E-state index in [0.717, 1.165) is 39.7 Å². The molecule has 0 atom stereocenters. The first kappa shape index (κ1) is 17.9. The summed E-state index contributed by atoms with van der Waals surface area (Å²) < 4.78 is 1.08. The molecule has 0 aliphatic carbocycles. The van der Waals surface area contributed by atoms with Gasteiger partial charge in [0.15, 0.2) is 0 Å². The van der Waals surface area contributed by atoms with E-state index in [1.807, 2.05) is 61.2 Å². The average molecular weight is 451 g/mol. The fourth-order valence-corrected chi connectivity index (χ4v) is 3.36. The molecule has 0 spiro atoms. The molecule has 1 fully saturated rings. The zero-order chi connectivity index (χ0) is 18.0. The molecule has 7 heteroatoms. The third-order valence-corrected chi connectivity index (χ3v) is 4.88. The van der Waals surface area contributed by atoms with E-state index in [2.05, 4.69) is 37.5 Å². The molecule has 1 aliphatic rings. The molecule has 0 radical (unpaired) electrons. The fourth-order valence-electron chi connectivity index (χ4n) is 2.82. The standard InChI is InChI=1S/C18H22IN5O/c1-13-11-16(22(2)3)21-18(20-13)24-9-7-23(8-10-24)17(25)14-5-4-6-15(19)12-14/h4-6,11-12H,7-10H2,1-3H3. The Hall–Kier alpha value is -1.90. The van der Waals surface area contributed by atoms with Gasteiger partial charge in [0.1, 0.15) is 5.82 Å². The molecule has 1 amide bonds. The predicted octanol–water partition coefficient (Wildman–Crippen LogP) is 2.42. The maximum Gasteiger partial charge on any atom is 0.254 e. The second-order valence-electron chi connectivity index (χ2n) is 6.35. The minimum atomic E-state index is 0.0947. The molecular formula is C18H22IN5O. The Bertz CT molecular complexity index is 772. The van der Waals surface area contributed by atoms with Gasteiger partial charge in [0.2, 0.25) is 5.95 Å². The quantitative estimate of drug-likeness (QED) is 0.672. The molecule has 6 nitrogen and oxygen atoms in total. The van der Waals surface area contributed by atoms with Gasteiger partial charge in [-0.05, 0) is 47.7 Å². The molecular weight excluding hydrogens is 429 g/mol. The molecule has 0 unspecified atom stereocenters. The Balaban J connectivity index is 1.69. The number of aromatic nitrogens is 2. The van der Waals surface area contributed by atoms with Crippen molar-refractivity contribution in [1.82, 2.24) is 14.9 Å². The van der Waals surface area contributed by atoms with Gasteiger partial charge >= 0.3 is 0 Å². The Kier molecular flexibility index (Phi) is 5.41. The summed E-state index contributed by atoms with van der Waals surface area (Å²) in [5, 5.41) is 0. The summed E-state index contributed by atoms with van der Waals surface area (Å²) in [6.45, 7) is 4.82. The third-order valence-electron chi connectivity index (χ3n) is 4.21. The van der Waals surface area contributed by atoms with Crippen molar-refractivity contribution >= 4 is 40.3 Å². The van der Waals surface area contributed by atoms with E-state index in [0.29, 0.717) is 13.1 Å².